The number of nitrogens with one attached hydrogen (secondary N) is 2. The molecule has 28 heavy (non-hydrogen) atoms. The highest BCUT2D eigenvalue weighted by Crippen LogP contribution is 2.25. The standard InChI is InChI=1S/C19H18F3N3O2S/c1-12(18-24-15-5-3-4-6-16(15)28-18)25(2)11-17(26)23-13-7-9-14(10-8-13)27-19(20,21)22/h3-10,12H,11H2,1-2H3,(H,23,26)/p+1/t12-/m1/s1. The second kappa shape index (κ2) is 8.15. The number of fused-ring (bicyclic) bond motifs is 1. The van der Waals surface area contributed by atoms with Crippen LogP contribution in [0.1, 0.15) is 18.0 Å². The second-order valence-corrected chi connectivity index (χ2v) is 7.45. The van der Waals surface area contributed by atoms with E-state index in [1.807, 2.05) is 38.2 Å². The highest BCUT2D eigenvalue weighted by molar-refractivity contribution is 7.18. The Morgan fingerprint density at radius 2 is 1.89 bits per heavy atom. The molecular weight excluding hydrogens is 391 g/mol. The Kier molecular flexibility index (Phi) is 5.85. The van der Waals surface area contributed by atoms with Crippen molar-refractivity contribution in [1.29, 1.82) is 0 Å². The Hall–Kier alpha value is -2.65. The van der Waals surface area contributed by atoms with Gasteiger partial charge in [-0.2, -0.15) is 0 Å². The molecule has 2 aromatic carbocycles. The van der Waals surface area contributed by atoms with Crippen LogP contribution in [0, 0.1) is 0 Å². The summed E-state index contributed by atoms with van der Waals surface area (Å²) in [7, 11) is 1.90. The molecule has 3 aromatic rings. The van der Waals surface area contributed by atoms with Gasteiger partial charge >= 0.3 is 6.36 Å². The van der Waals surface area contributed by atoms with E-state index in [4.69, 9.17) is 0 Å². The summed E-state index contributed by atoms with van der Waals surface area (Å²) in [5.41, 5.74) is 1.34. The van der Waals surface area contributed by atoms with Crippen LogP contribution in [0.5, 0.6) is 5.75 Å². The third-order valence-electron chi connectivity index (χ3n) is 4.23. The number of carbonyl (C=O) groups excluding carboxylic acids is 1. The molecule has 0 spiro atoms. The smallest absolute Gasteiger partial charge is 0.406 e. The molecule has 0 bridgehead atoms. The predicted octanol–water partition coefficient (Wildman–Crippen LogP) is 3.41. The maximum Gasteiger partial charge on any atom is 0.573 e. The lowest BCUT2D eigenvalue weighted by Crippen LogP contribution is -3.10. The van der Waals surface area contributed by atoms with Gasteiger partial charge < -0.3 is 15.0 Å². The van der Waals surface area contributed by atoms with Gasteiger partial charge in [0.15, 0.2) is 11.6 Å². The summed E-state index contributed by atoms with van der Waals surface area (Å²) >= 11 is 1.60. The first-order valence-corrected chi connectivity index (χ1v) is 9.36. The minimum absolute atomic E-state index is 0.0192. The quantitative estimate of drug-likeness (QED) is 0.655. The number of amides is 1. The molecule has 1 aromatic heterocycles. The third kappa shape index (κ3) is 5.20. The Labute approximate surface area is 163 Å². The predicted molar refractivity (Wildman–Crippen MR) is 102 cm³/mol. The maximum atomic E-state index is 12.3. The van der Waals surface area contributed by atoms with E-state index in [1.165, 1.54) is 12.1 Å². The average molecular weight is 410 g/mol. The lowest BCUT2D eigenvalue weighted by molar-refractivity contribution is -0.902. The number of quaternary nitrogens is 1. The zero-order chi connectivity index (χ0) is 20.3. The summed E-state index contributed by atoms with van der Waals surface area (Å²) in [6, 6.07) is 12.9. The molecule has 0 saturated heterocycles. The molecule has 0 aliphatic rings. The van der Waals surface area contributed by atoms with Gasteiger partial charge in [-0.05, 0) is 43.3 Å². The van der Waals surface area contributed by atoms with Gasteiger partial charge in [-0.3, -0.25) is 4.79 Å². The van der Waals surface area contributed by atoms with Crippen molar-refractivity contribution >= 4 is 33.1 Å². The molecule has 5 nitrogen and oxygen atoms in total. The van der Waals surface area contributed by atoms with Gasteiger partial charge in [0.25, 0.3) is 5.91 Å². The molecule has 0 aliphatic heterocycles. The van der Waals surface area contributed by atoms with Crippen LogP contribution >= 0.6 is 11.3 Å². The highest BCUT2D eigenvalue weighted by atomic mass is 32.1. The van der Waals surface area contributed by atoms with Crippen LogP contribution in [0.3, 0.4) is 0 Å². The first-order valence-electron chi connectivity index (χ1n) is 8.55. The summed E-state index contributed by atoms with van der Waals surface area (Å²) in [5.74, 6) is -0.576. The van der Waals surface area contributed by atoms with Crippen LogP contribution in [0.2, 0.25) is 0 Å². The first kappa shape index (κ1) is 20.1. The minimum atomic E-state index is -4.74. The zero-order valence-corrected chi connectivity index (χ0v) is 16.0. The minimum Gasteiger partial charge on any atom is -0.406 e. The van der Waals surface area contributed by atoms with Crippen molar-refractivity contribution in [1.82, 2.24) is 4.98 Å². The summed E-state index contributed by atoms with van der Waals surface area (Å²) in [5, 5.41) is 3.63. The van der Waals surface area contributed by atoms with E-state index >= 15 is 0 Å². The van der Waals surface area contributed by atoms with Crippen LogP contribution in [0.15, 0.2) is 48.5 Å². The normalized spacial score (nSPS) is 13.9. The molecule has 0 fully saturated rings. The number of nitrogens with zero attached hydrogens (tertiary/aromatic N) is 1. The fourth-order valence-electron chi connectivity index (χ4n) is 2.64. The SMILES string of the molecule is C[C@H](c1nc2ccccc2s1)[NH+](C)CC(=O)Nc1ccc(OC(F)(F)F)cc1. The molecule has 3 rings (SSSR count). The van der Waals surface area contributed by atoms with E-state index in [-0.39, 0.29) is 24.2 Å². The number of ether oxygens (including phenoxy) is 1. The number of carbonyl (C=O) groups is 1. The van der Waals surface area contributed by atoms with Crippen LogP contribution in [-0.2, 0) is 4.79 Å². The van der Waals surface area contributed by atoms with E-state index < -0.39 is 6.36 Å². The molecule has 1 heterocycles. The fourth-order valence-corrected chi connectivity index (χ4v) is 3.75. The Morgan fingerprint density at radius 3 is 2.54 bits per heavy atom. The van der Waals surface area contributed by atoms with E-state index in [1.54, 1.807) is 11.3 Å². The van der Waals surface area contributed by atoms with E-state index in [9.17, 15) is 18.0 Å². The Bertz CT molecular complexity index is 924. The molecule has 1 unspecified atom stereocenters. The molecule has 2 atom stereocenters. The summed E-state index contributed by atoms with van der Waals surface area (Å²) in [4.78, 5) is 17.9. The Balaban J connectivity index is 1.57. The van der Waals surface area contributed by atoms with Crippen LogP contribution in [-0.4, -0.2) is 30.8 Å². The number of para-hydroxylation sites is 1. The van der Waals surface area contributed by atoms with E-state index in [0.29, 0.717) is 5.69 Å². The lowest BCUT2D eigenvalue weighted by Gasteiger charge is -2.19. The number of anilines is 1. The topological polar surface area (TPSA) is 55.7 Å². The van der Waals surface area contributed by atoms with Gasteiger partial charge in [0.05, 0.1) is 17.3 Å². The van der Waals surface area contributed by atoms with Crippen molar-refractivity contribution in [2.75, 3.05) is 18.9 Å². The molecule has 2 N–H and O–H groups in total. The summed E-state index contributed by atoms with van der Waals surface area (Å²) in [6.07, 6.45) is -4.74. The Morgan fingerprint density at radius 1 is 1.21 bits per heavy atom. The van der Waals surface area contributed by atoms with E-state index in [2.05, 4.69) is 15.0 Å². The number of aromatic nitrogens is 1. The van der Waals surface area contributed by atoms with Gasteiger partial charge in [0.2, 0.25) is 0 Å². The summed E-state index contributed by atoms with van der Waals surface area (Å²) in [6.45, 7) is 2.20. The number of benzene rings is 2. The van der Waals surface area contributed by atoms with Crippen molar-refractivity contribution in [2.45, 2.75) is 19.3 Å². The largest absolute Gasteiger partial charge is 0.573 e. The number of halogens is 3. The number of likely N-dealkylation sites (N-methyl/N-ethyl adjacent to an activating group) is 1. The maximum absolute atomic E-state index is 12.3. The van der Waals surface area contributed by atoms with Gasteiger partial charge in [0, 0.05) is 5.69 Å². The number of hydrogen-bond acceptors (Lipinski definition) is 4. The zero-order valence-electron chi connectivity index (χ0n) is 15.2. The number of alkyl halides is 3. The van der Waals surface area contributed by atoms with Gasteiger partial charge in [0.1, 0.15) is 11.8 Å². The van der Waals surface area contributed by atoms with Crippen LogP contribution in [0.25, 0.3) is 10.2 Å². The number of hydrogen-bond donors (Lipinski definition) is 2. The van der Waals surface area contributed by atoms with Gasteiger partial charge in [-0.1, -0.05) is 12.1 Å². The molecule has 0 aliphatic carbocycles. The van der Waals surface area contributed by atoms with Crippen molar-refractivity contribution in [3.05, 3.63) is 53.5 Å². The van der Waals surface area contributed by atoms with Crippen LogP contribution in [0.4, 0.5) is 18.9 Å². The molecule has 0 radical (unpaired) electrons. The van der Waals surface area contributed by atoms with Crippen molar-refractivity contribution in [3.63, 3.8) is 0 Å². The summed E-state index contributed by atoms with van der Waals surface area (Å²) < 4.78 is 41.4. The van der Waals surface area contributed by atoms with Gasteiger partial charge in [-0.25, -0.2) is 4.98 Å². The first-order chi connectivity index (χ1) is 13.2. The average Bonchev–Trinajstić information content (AvgIpc) is 3.05. The third-order valence-corrected chi connectivity index (χ3v) is 5.45. The fraction of sp³-hybridized carbons (Fsp3) is 0.263. The van der Waals surface area contributed by atoms with E-state index in [0.717, 1.165) is 32.3 Å². The lowest BCUT2D eigenvalue weighted by atomic mass is 10.3. The van der Waals surface area contributed by atoms with Gasteiger partial charge in [-0.15, -0.1) is 24.5 Å². The molecule has 0 saturated carbocycles. The van der Waals surface area contributed by atoms with Crippen molar-refractivity contribution < 1.29 is 27.6 Å². The number of thiazole rings is 1. The molecule has 148 valence electrons. The van der Waals surface area contributed by atoms with Crippen LogP contribution < -0.4 is 15.0 Å². The molecule has 9 heteroatoms. The van der Waals surface area contributed by atoms with Crippen molar-refractivity contribution in [2.24, 2.45) is 0 Å². The second-order valence-electron chi connectivity index (χ2n) is 6.39. The highest BCUT2D eigenvalue weighted by Gasteiger charge is 2.31. The van der Waals surface area contributed by atoms with Crippen molar-refractivity contribution in [3.8, 4) is 5.75 Å². The number of rotatable bonds is 6. The monoisotopic (exact) mass is 410 g/mol. The molecule has 1 amide bonds. The molecular formula is C19H19F3N3O2S+.